The number of hydrogen-bond acceptors (Lipinski definition) is 5. The fourth-order valence-electron chi connectivity index (χ4n) is 2.61. The highest BCUT2D eigenvalue weighted by atomic mass is 35.5. The van der Waals surface area contributed by atoms with Crippen molar-refractivity contribution in [2.45, 2.75) is 31.7 Å². The van der Waals surface area contributed by atoms with Gasteiger partial charge in [0.1, 0.15) is 6.33 Å². The van der Waals surface area contributed by atoms with Crippen LogP contribution in [0.4, 0.5) is 0 Å². The van der Waals surface area contributed by atoms with Crippen LogP contribution >= 0.6 is 23.7 Å². The van der Waals surface area contributed by atoms with Crippen LogP contribution < -0.4 is 10.6 Å². The number of aromatic nitrogens is 3. The van der Waals surface area contributed by atoms with E-state index in [2.05, 4.69) is 44.5 Å². The van der Waals surface area contributed by atoms with Gasteiger partial charge in [-0.2, -0.15) is 11.3 Å². The number of hydrogen-bond donors (Lipinski definition) is 2. The zero-order valence-corrected chi connectivity index (χ0v) is 14.7. The number of carbonyl (C=O) groups is 1. The second kappa shape index (κ2) is 8.42. The van der Waals surface area contributed by atoms with E-state index in [1.807, 2.05) is 4.68 Å². The van der Waals surface area contributed by atoms with E-state index in [-0.39, 0.29) is 24.1 Å². The van der Waals surface area contributed by atoms with Gasteiger partial charge < -0.3 is 10.6 Å². The van der Waals surface area contributed by atoms with Crippen molar-refractivity contribution in [2.24, 2.45) is 0 Å². The summed E-state index contributed by atoms with van der Waals surface area (Å²) in [6, 6.07) is 2.39. The smallest absolute Gasteiger partial charge is 0.290 e. The van der Waals surface area contributed by atoms with Crippen molar-refractivity contribution < 1.29 is 4.79 Å². The molecule has 2 aromatic heterocycles. The number of halogens is 1. The maximum atomic E-state index is 12.2. The molecule has 1 aliphatic rings. The van der Waals surface area contributed by atoms with Crippen LogP contribution in [0.1, 0.15) is 47.9 Å². The molecule has 0 saturated carbocycles. The minimum absolute atomic E-state index is 0. The summed E-state index contributed by atoms with van der Waals surface area (Å²) in [6.07, 6.45) is 3.87. The SMILES string of the molecule is CC(CNC(=O)c1ncn(C2CCCNC2)n1)c1ccsc1.Cl. The molecule has 0 spiro atoms. The molecule has 1 aliphatic heterocycles. The van der Waals surface area contributed by atoms with E-state index >= 15 is 0 Å². The van der Waals surface area contributed by atoms with Gasteiger partial charge in [-0.05, 0) is 47.7 Å². The molecule has 2 atom stereocenters. The molecule has 2 aromatic rings. The minimum atomic E-state index is -0.204. The molecule has 3 heterocycles. The topological polar surface area (TPSA) is 71.8 Å². The van der Waals surface area contributed by atoms with Crippen LogP contribution in [0.15, 0.2) is 23.2 Å². The predicted octanol–water partition coefficient (Wildman–Crippen LogP) is 2.22. The summed E-state index contributed by atoms with van der Waals surface area (Å²) < 4.78 is 1.81. The van der Waals surface area contributed by atoms with Gasteiger partial charge in [-0.25, -0.2) is 9.67 Å². The Hall–Kier alpha value is -1.44. The summed E-state index contributed by atoms with van der Waals surface area (Å²) in [7, 11) is 0. The Morgan fingerprint density at radius 2 is 2.48 bits per heavy atom. The molecular formula is C15H22ClN5OS. The van der Waals surface area contributed by atoms with Crippen molar-refractivity contribution in [3.05, 3.63) is 34.5 Å². The third kappa shape index (κ3) is 4.53. The Labute approximate surface area is 146 Å². The molecule has 23 heavy (non-hydrogen) atoms. The first-order valence-electron chi connectivity index (χ1n) is 7.66. The Balaban J connectivity index is 0.00000192. The molecule has 126 valence electrons. The lowest BCUT2D eigenvalue weighted by atomic mass is 10.1. The summed E-state index contributed by atoms with van der Waals surface area (Å²) >= 11 is 1.67. The Morgan fingerprint density at radius 3 is 3.17 bits per heavy atom. The number of carbonyl (C=O) groups excluding carboxylic acids is 1. The molecule has 1 saturated heterocycles. The molecule has 0 aromatic carbocycles. The van der Waals surface area contributed by atoms with Crippen molar-refractivity contribution in [1.82, 2.24) is 25.4 Å². The normalized spacial score (nSPS) is 18.9. The van der Waals surface area contributed by atoms with Crippen LogP contribution in [0, 0.1) is 0 Å². The molecule has 8 heteroatoms. The van der Waals surface area contributed by atoms with Crippen molar-refractivity contribution in [2.75, 3.05) is 19.6 Å². The number of nitrogens with one attached hydrogen (secondary N) is 2. The Kier molecular flexibility index (Phi) is 6.56. The summed E-state index contributed by atoms with van der Waals surface area (Å²) in [6.45, 7) is 4.63. The number of amides is 1. The highest BCUT2D eigenvalue weighted by molar-refractivity contribution is 7.07. The van der Waals surface area contributed by atoms with Crippen LogP contribution in [0.25, 0.3) is 0 Å². The van der Waals surface area contributed by atoms with E-state index in [1.54, 1.807) is 17.7 Å². The van der Waals surface area contributed by atoms with E-state index in [0.29, 0.717) is 18.5 Å². The van der Waals surface area contributed by atoms with Gasteiger partial charge in [-0.15, -0.1) is 17.5 Å². The first-order valence-corrected chi connectivity index (χ1v) is 8.60. The number of rotatable bonds is 5. The van der Waals surface area contributed by atoms with Gasteiger partial charge in [-0.1, -0.05) is 6.92 Å². The number of nitrogens with zero attached hydrogens (tertiary/aromatic N) is 3. The van der Waals surface area contributed by atoms with Gasteiger partial charge >= 0.3 is 0 Å². The third-order valence-corrected chi connectivity index (χ3v) is 4.74. The summed E-state index contributed by atoms with van der Waals surface area (Å²) in [5, 5.41) is 14.7. The molecule has 3 rings (SSSR count). The summed E-state index contributed by atoms with van der Waals surface area (Å²) in [5.41, 5.74) is 1.25. The molecule has 2 unspecified atom stereocenters. The van der Waals surface area contributed by atoms with E-state index in [9.17, 15) is 4.79 Å². The van der Waals surface area contributed by atoms with Crippen LogP contribution in [-0.4, -0.2) is 40.3 Å². The second-order valence-electron chi connectivity index (χ2n) is 5.72. The van der Waals surface area contributed by atoms with Gasteiger partial charge in [0.15, 0.2) is 0 Å². The van der Waals surface area contributed by atoms with Crippen LogP contribution in [0.5, 0.6) is 0 Å². The molecule has 0 aliphatic carbocycles. The molecule has 1 amide bonds. The van der Waals surface area contributed by atoms with Crippen LogP contribution in [-0.2, 0) is 0 Å². The maximum absolute atomic E-state index is 12.2. The maximum Gasteiger partial charge on any atom is 0.290 e. The molecule has 6 nitrogen and oxygen atoms in total. The van der Waals surface area contributed by atoms with Gasteiger partial charge in [0.05, 0.1) is 6.04 Å². The molecular weight excluding hydrogens is 334 g/mol. The second-order valence-corrected chi connectivity index (χ2v) is 6.50. The average molecular weight is 356 g/mol. The highest BCUT2D eigenvalue weighted by Crippen LogP contribution is 2.17. The van der Waals surface area contributed by atoms with E-state index in [0.717, 1.165) is 25.9 Å². The quantitative estimate of drug-likeness (QED) is 0.862. The number of thiophene rings is 1. The van der Waals surface area contributed by atoms with Crippen molar-refractivity contribution in [3.8, 4) is 0 Å². The first-order chi connectivity index (χ1) is 10.7. The van der Waals surface area contributed by atoms with E-state index < -0.39 is 0 Å². The fourth-order valence-corrected chi connectivity index (χ4v) is 3.39. The van der Waals surface area contributed by atoms with E-state index in [4.69, 9.17) is 0 Å². The largest absolute Gasteiger partial charge is 0.349 e. The highest BCUT2D eigenvalue weighted by Gasteiger charge is 2.19. The lowest BCUT2D eigenvalue weighted by Crippen LogP contribution is -2.32. The van der Waals surface area contributed by atoms with Crippen LogP contribution in [0.2, 0.25) is 0 Å². The standard InChI is InChI=1S/C15H21N5OS.ClH/c1-11(12-4-6-22-9-12)7-17-15(21)14-18-10-20(19-14)13-3-2-5-16-8-13;/h4,6,9-11,13,16H,2-3,5,7-8H2,1H3,(H,17,21);1H. The van der Waals surface area contributed by atoms with E-state index in [1.165, 1.54) is 5.56 Å². The van der Waals surface area contributed by atoms with Crippen LogP contribution in [0.3, 0.4) is 0 Å². The molecule has 0 radical (unpaired) electrons. The van der Waals surface area contributed by atoms with Gasteiger partial charge in [0, 0.05) is 13.1 Å². The molecule has 0 bridgehead atoms. The zero-order chi connectivity index (χ0) is 15.4. The average Bonchev–Trinajstić information content (AvgIpc) is 3.24. The van der Waals surface area contributed by atoms with Gasteiger partial charge in [0.25, 0.3) is 5.91 Å². The predicted molar refractivity (Wildman–Crippen MR) is 93.5 cm³/mol. The fraction of sp³-hybridized carbons (Fsp3) is 0.533. The lowest BCUT2D eigenvalue weighted by Gasteiger charge is -2.22. The summed E-state index contributed by atoms with van der Waals surface area (Å²) in [5.74, 6) is 0.340. The van der Waals surface area contributed by atoms with Crippen molar-refractivity contribution in [1.29, 1.82) is 0 Å². The Morgan fingerprint density at radius 1 is 1.61 bits per heavy atom. The van der Waals surface area contributed by atoms with Crippen molar-refractivity contribution in [3.63, 3.8) is 0 Å². The third-order valence-electron chi connectivity index (χ3n) is 4.04. The lowest BCUT2D eigenvalue weighted by molar-refractivity contribution is 0.0940. The molecule has 1 fully saturated rings. The van der Waals surface area contributed by atoms with Gasteiger partial charge in [0.2, 0.25) is 5.82 Å². The monoisotopic (exact) mass is 355 g/mol. The Bertz CT molecular complexity index is 609. The number of piperidine rings is 1. The summed E-state index contributed by atoms with van der Waals surface area (Å²) in [4.78, 5) is 16.3. The minimum Gasteiger partial charge on any atom is -0.349 e. The zero-order valence-electron chi connectivity index (χ0n) is 13.1. The van der Waals surface area contributed by atoms with Gasteiger partial charge in [-0.3, -0.25) is 4.79 Å². The van der Waals surface area contributed by atoms with Crippen molar-refractivity contribution >= 4 is 29.7 Å². The molecule has 2 N–H and O–H groups in total. The first kappa shape index (κ1) is 17.9.